The third kappa shape index (κ3) is 2.97. The molecule has 4 heteroatoms. The molecule has 0 aromatic heterocycles. The summed E-state index contributed by atoms with van der Waals surface area (Å²) in [5, 5.41) is 0. The SMILES string of the molecule is CN1CCC(CN(C)C(=O)CN)C1. The lowest BCUT2D eigenvalue weighted by atomic mass is 10.1. The highest BCUT2D eigenvalue weighted by Crippen LogP contribution is 2.14. The van der Waals surface area contributed by atoms with Crippen LogP contribution in [0.25, 0.3) is 0 Å². The molecular formula is C9H19N3O. The Morgan fingerprint density at radius 3 is 2.85 bits per heavy atom. The third-order valence-corrected chi connectivity index (χ3v) is 2.62. The maximum absolute atomic E-state index is 11.2. The molecule has 76 valence electrons. The van der Waals surface area contributed by atoms with E-state index in [4.69, 9.17) is 5.73 Å². The molecule has 0 aliphatic carbocycles. The van der Waals surface area contributed by atoms with Crippen LogP contribution in [-0.4, -0.2) is 56.0 Å². The maximum atomic E-state index is 11.2. The molecule has 13 heavy (non-hydrogen) atoms. The highest BCUT2D eigenvalue weighted by Gasteiger charge is 2.21. The lowest BCUT2D eigenvalue weighted by Crippen LogP contribution is -2.36. The number of carbonyl (C=O) groups excluding carboxylic acids is 1. The summed E-state index contributed by atoms with van der Waals surface area (Å²) in [6.07, 6.45) is 1.19. The third-order valence-electron chi connectivity index (χ3n) is 2.62. The molecule has 0 aromatic carbocycles. The minimum absolute atomic E-state index is 0.0366. The smallest absolute Gasteiger partial charge is 0.236 e. The fourth-order valence-electron chi connectivity index (χ4n) is 1.82. The van der Waals surface area contributed by atoms with E-state index >= 15 is 0 Å². The van der Waals surface area contributed by atoms with Gasteiger partial charge in [-0.15, -0.1) is 0 Å². The topological polar surface area (TPSA) is 49.6 Å². The number of rotatable bonds is 3. The van der Waals surface area contributed by atoms with Gasteiger partial charge in [-0.05, 0) is 25.9 Å². The number of hydrogen-bond donors (Lipinski definition) is 1. The second-order valence-corrected chi connectivity index (χ2v) is 3.90. The van der Waals surface area contributed by atoms with Crippen LogP contribution in [0.3, 0.4) is 0 Å². The first-order valence-corrected chi connectivity index (χ1v) is 4.76. The van der Waals surface area contributed by atoms with E-state index in [2.05, 4.69) is 11.9 Å². The number of amides is 1. The van der Waals surface area contributed by atoms with Gasteiger partial charge in [0.1, 0.15) is 0 Å². The molecule has 4 nitrogen and oxygen atoms in total. The molecule has 1 heterocycles. The molecule has 1 aliphatic heterocycles. The number of nitrogens with zero attached hydrogens (tertiary/aromatic N) is 2. The van der Waals surface area contributed by atoms with Gasteiger partial charge in [-0.3, -0.25) is 4.79 Å². The van der Waals surface area contributed by atoms with Crippen LogP contribution in [0.1, 0.15) is 6.42 Å². The van der Waals surface area contributed by atoms with Crippen molar-refractivity contribution < 1.29 is 4.79 Å². The molecular weight excluding hydrogens is 166 g/mol. The summed E-state index contributed by atoms with van der Waals surface area (Å²) in [4.78, 5) is 15.2. The van der Waals surface area contributed by atoms with Crippen LogP contribution in [0.5, 0.6) is 0 Å². The van der Waals surface area contributed by atoms with Crippen LogP contribution < -0.4 is 5.73 Å². The Hall–Kier alpha value is -0.610. The van der Waals surface area contributed by atoms with Crippen LogP contribution in [0.4, 0.5) is 0 Å². The number of likely N-dealkylation sites (tertiary alicyclic amines) is 1. The van der Waals surface area contributed by atoms with Crippen molar-refractivity contribution in [2.24, 2.45) is 11.7 Å². The predicted molar refractivity (Wildman–Crippen MR) is 52.3 cm³/mol. The molecule has 1 atom stereocenters. The van der Waals surface area contributed by atoms with Gasteiger partial charge in [-0.25, -0.2) is 0 Å². The summed E-state index contributed by atoms with van der Waals surface area (Å²) in [6.45, 7) is 3.22. The molecule has 0 spiro atoms. The molecule has 1 rings (SSSR count). The summed E-state index contributed by atoms with van der Waals surface area (Å²) in [6, 6.07) is 0. The van der Waals surface area contributed by atoms with Gasteiger partial charge in [-0.2, -0.15) is 0 Å². The Balaban J connectivity index is 2.28. The van der Waals surface area contributed by atoms with E-state index in [-0.39, 0.29) is 12.5 Å². The molecule has 1 aliphatic rings. The van der Waals surface area contributed by atoms with Crippen LogP contribution >= 0.6 is 0 Å². The van der Waals surface area contributed by atoms with Crippen molar-refractivity contribution in [1.29, 1.82) is 0 Å². The van der Waals surface area contributed by atoms with Crippen LogP contribution in [0.2, 0.25) is 0 Å². The largest absolute Gasteiger partial charge is 0.344 e. The molecule has 0 radical (unpaired) electrons. The molecule has 1 amide bonds. The summed E-state index contributed by atoms with van der Waals surface area (Å²) in [5.41, 5.74) is 5.27. The number of likely N-dealkylation sites (N-methyl/N-ethyl adjacent to an activating group) is 1. The van der Waals surface area contributed by atoms with Gasteiger partial charge in [0.2, 0.25) is 5.91 Å². The Kier molecular flexibility index (Phi) is 3.69. The highest BCUT2D eigenvalue weighted by molar-refractivity contribution is 5.77. The maximum Gasteiger partial charge on any atom is 0.236 e. The minimum atomic E-state index is 0.0366. The lowest BCUT2D eigenvalue weighted by molar-refractivity contribution is -0.128. The Morgan fingerprint density at radius 2 is 2.38 bits per heavy atom. The highest BCUT2D eigenvalue weighted by atomic mass is 16.2. The zero-order valence-electron chi connectivity index (χ0n) is 8.49. The lowest BCUT2D eigenvalue weighted by Gasteiger charge is -2.20. The average molecular weight is 185 g/mol. The fourth-order valence-corrected chi connectivity index (χ4v) is 1.82. The van der Waals surface area contributed by atoms with Crippen molar-refractivity contribution >= 4 is 5.91 Å². The Bertz CT molecular complexity index is 184. The molecule has 0 saturated carbocycles. The first kappa shape index (κ1) is 10.5. The van der Waals surface area contributed by atoms with Gasteiger partial charge in [0.15, 0.2) is 0 Å². The second-order valence-electron chi connectivity index (χ2n) is 3.90. The monoisotopic (exact) mass is 185 g/mol. The summed E-state index contributed by atoms with van der Waals surface area (Å²) < 4.78 is 0. The molecule has 2 N–H and O–H groups in total. The molecule has 1 saturated heterocycles. The molecule has 0 aromatic rings. The van der Waals surface area contributed by atoms with Gasteiger partial charge in [0.05, 0.1) is 6.54 Å². The normalized spacial score (nSPS) is 23.5. The average Bonchev–Trinajstić information content (AvgIpc) is 2.49. The first-order valence-electron chi connectivity index (χ1n) is 4.76. The van der Waals surface area contributed by atoms with Gasteiger partial charge >= 0.3 is 0 Å². The molecule has 0 bridgehead atoms. The van der Waals surface area contributed by atoms with E-state index in [0.29, 0.717) is 5.92 Å². The van der Waals surface area contributed by atoms with Crippen molar-refractivity contribution in [2.45, 2.75) is 6.42 Å². The van der Waals surface area contributed by atoms with Crippen LogP contribution in [-0.2, 0) is 4.79 Å². The number of nitrogens with two attached hydrogens (primary N) is 1. The Morgan fingerprint density at radius 1 is 1.69 bits per heavy atom. The predicted octanol–water partition coefficient (Wildman–Crippen LogP) is -0.645. The fraction of sp³-hybridized carbons (Fsp3) is 0.889. The summed E-state index contributed by atoms with van der Waals surface area (Å²) >= 11 is 0. The van der Waals surface area contributed by atoms with E-state index in [9.17, 15) is 4.79 Å². The van der Waals surface area contributed by atoms with E-state index < -0.39 is 0 Å². The van der Waals surface area contributed by atoms with E-state index in [1.807, 2.05) is 7.05 Å². The van der Waals surface area contributed by atoms with Crippen molar-refractivity contribution in [1.82, 2.24) is 9.80 Å². The quantitative estimate of drug-likeness (QED) is 0.636. The standard InChI is InChI=1S/C9H19N3O/c1-11-4-3-8(6-11)7-12(2)9(13)5-10/h8H,3-7,10H2,1-2H3. The zero-order valence-corrected chi connectivity index (χ0v) is 8.49. The summed E-state index contributed by atoms with van der Waals surface area (Å²) in [5.74, 6) is 0.667. The second kappa shape index (κ2) is 4.58. The van der Waals surface area contributed by atoms with Crippen molar-refractivity contribution in [3.63, 3.8) is 0 Å². The van der Waals surface area contributed by atoms with Gasteiger partial charge in [0.25, 0.3) is 0 Å². The molecule has 1 fully saturated rings. The van der Waals surface area contributed by atoms with Crippen LogP contribution in [0, 0.1) is 5.92 Å². The van der Waals surface area contributed by atoms with Crippen LogP contribution in [0.15, 0.2) is 0 Å². The van der Waals surface area contributed by atoms with E-state index in [1.54, 1.807) is 4.90 Å². The zero-order chi connectivity index (χ0) is 9.84. The number of carbonyl (C=O) groups is 1. The Labute approximate surface area is 79.7 Å². The van der Waals surface area contributed by atoms with Gasteiger partial charge < -0.3 is 15.5 Å². The summed E-state index contributed by atoms with van der Waals surface area (Å²) in [7, 11) is 3.94. The van der Waals surface area contributed by atoms with Crippen molar-refractivity contribution in [2.75, 3.05) is 40.3 Å². The first-order chi connectivity index (χ1) is 6.13. The number of hydrogen-bond acceptors (Lipinski definition) is 3. The van der Waals surface area contributed by atoms with E-state index in [1.165, 1.54) is 6.42 Å². The van der Waals surface area contributed by atoms with Crippen molar-refractivity contribution in [3.05, 3.63) is 0 Å². The van der Waals surface area contributed by atoms with Gasteiger partial charge in [0, 0.05) is 20.1 Å². The van der Waals surface area contributed by atoms with Gasteiger partial charge in [-0.1, -0.05) is 0 Å². The van der Waals surface area contributed by atoms with Crippen molar-refractivity contribution in [3.8, 4) is 0 Å². The minimum Gasteiger partial charge on any atom is -0.344 e. The molecule has 1 unspecified atom stereocenters. The van der Waals surface area contributed by atoms with E-state index in [0.717, 1.165) is 19.6 Å².